The van der Waals surface area contributed by atoms with Gasteiger partial charge >= 0.3 is 0 Å². The zero-order chi connectivity index (χ0) is 12.4. The molecule has 0 N–H and O–H groups in total. The molecular formula is C14H15ClN2. The van der Waals surface area contributed by atoms with Crippen LogP contribution in [0.5, 0.6) is 0 Å². The van der Waals surface area contributed by atoms with Gasteiger partial charge in [-0.05, 0) is 18.4 Å². The highest BCUT2D eigenvalue weighted by atomic mass is 35.5. The maximum atomic E-state index is 5.99. The second-order valence-electron chi connectivity index (χ2n) is 4.41. The van der Waals surface area contributed by atoms with Crippen molar-refractivity contribution in [1.82, 2.24) is 9.97 Å². The SMILES string of the molecule is Cc1c(Cl)ncnc1-c1ccc(C(C)C)cc1. The maximum Gasteiger partial charge on any atom is 0.135 e. The van der Waals surface area contributed by atoms with Crippen LogP contribution in [0.1, 0.15) is 30.9 Å². The number of nitrogens with zero attached hydrogens (tertiary/aromatic N) is 2. The lowest BCUT2D eigenvalue weighted by atomic mass is 10.00. The minimum absolute atomic E-state index is 0.517. The van der Waals surface area contributed by atoms with Crippen LogP contribution in [0, 0.1) is 6.92 Å². The number of rotatable bonds is 2. The summed E-state index contributed by atoms with van der Waals surface area (Å²) < 4.78 is 0. The summed E-state index contributed by atoms with van der Waals surface area (Å²) in [7, 11) is 0. The van der Waals surface area contributed by atoms with Crippen molar-refractivity contribution in [1.29, 1.82) is 0 Å². The predicted octanol–water partition coefficient (Wildman–Crippen LogP) is 4.23. The van der Waals surface area contributed by atoms with E-state index >= 15 is 0 Å². The summed E-state index contributed by atoms with van der Waals surface area (Å²) in [4.78, 5) is 8.25. The van der Waals surface area contributed by atoms with Crippen LogP contribution in [0.4, 0.5) is 0 Å². The van der Waals surface area contributed by atoms with Crippen molar-refractivity contribution >= 4 is 11.6 Å². The van der Waals surface area contributed by atoms with Crippen LogP contribution in [-0.4, -0.2) is 9.97 Å². The second-order valence-corrected chi connectivity index (χ2v) is 4.77. The van der Waals surface area contributed by atoms with Crippen LogP contribution in [0.15, 0.2) is 30.6 Å². The second kappa shape index (κ2) is 4.84. The molecule has 88 valence electrons. The third-order valence-corrected chi connectivity index (χ3v) is 3.25. The normalized spacial score (nSPS) is 10.9. The molecule has 1 aromatic heterocycles. The molecule has 0 aliphatic carbocycles. The summed E-state index contributed by atoms with van der Waals surface area (Å²) in [5.41, 5.74) is 4.23. The van der Waals surface area contributed by atoms with Crippen molar-refractivity contribution in [2.45, 2.75) is 26.7 Å². The molecule has 0 unspecified atom stereocenters. The smallest absolute Gasteiger partial charge is 0.135 e. The molecule has 0 radical (unpaired) electrons. The minimum atomic E-state index is 0.517. The lowest BCUT2D eigenvalue weighted by Crippen LogP contribution is -1.93. The first-order valence-electron chi connectivity index (χ1n) is 5.67. The number of aromatic nitrogens is 2. The molecule has 0 aliphatic heterocycles. The van der Waals surface area contributed by atoms with E-state index in [1.165, 1.54) is 11.9 Å². The van der Waals surface area contributed by atoms with E-state index in [-0.39, 0.29) is 0 Å². The Morgan fingerprint density at radius 2 is 1.71 bits per heavy atom. The molecule has 2 rings (SSSR count). The van der Waals surface area contributed by atoms with Gasteiger partial charge in [0.05, 0.1) is 5.69 Å². The Labute approximate surface area is 107 Å². The topological polar surface area (TPSA) is 25.8 Å². The first kappa shape index (κ1) is 12.1. The Morgan fingerprint density at radius 1 is 1.06 bits per heavy atom. The van der Waals surface area contributed by atoms with Crippen molar-refractivity contribution in [2.75, 3.05) is 0 Å². The van der Waals surface area contributed by atoms with Crippen LogP contribution in [0.25, 0.3) is 11.3 Å². The van der Waals surface area contributed by atoms with Gasteiger partial charge in [-0.25, -0.2) is 9.97 Å². The lowest BCUT2D eigenvalue weighted by molar-refractivity contribution is 0.867. The average molecular weight is 247 g/mol. The fourth-order valence-corrected chi connectivity index (χ4v) is 1.88. The zero-order valence-electron chi connectivity index (χ0n) is 10.2. The summed E-state index contributed by atoms with van der Waals surface area (Å²) >= 11 is 5.99. The van der Waals surface area contributed by atoms with Crippen molar-refractivity contribution in [3.05, 3.63) is 46.9 Å². The highest BCUT2D eigenvalue weighted by Crippen LogP contribution is 2.26. The molecule has 0 saturated carbocycles. The summed E-state index contributed by atoms with van der Waals surface area (Å²) in [6, 6.07) is 8.44. The van der Waals surface area contributed by atoms with Gasteiger partial charge in [-0.2, -0.15) is 0 Å². The molecule has 0 bridgehead atoms. The molecule has 1 heterocycles. The minimum Gasteiger partial charge on any atom is -0.236 e. The van der Waals surface area contributed by atoms with Crippen LogP contribution in [0.2, 0.25) is 5.15 Å². The van der Waals surface area contributed by atoms with Crippen molar-refractivity contribution in [3.63, 3.8) is 0 Å². The molecule has 1 aromatic carbocycles. The number of halogens is 1. The molecule has 0 amide bonds. The molecule has 17 heavy (non-hydrogen) atoms. The van der Waals surface area contributed by atoms with Crippen LogP contribution >= 0.6 is 11.6 Å². The fraction of sp³-hybridized carbons (Fsp3) is 0.286. The van der Waals surface area contributed by atoms with Crippen molar-refractivity contribution < 1.29 is 0 Å². The van der Waals surface area contributed by atoms with E-state index in [0.717, 1.165) is 16.8 Å². The predicted molar refractivity (Wildman–Crippen MR) is 71.3 cm³/mol. The van der Waals surface area contributed by atoms with Gasteiger partial charge in [0.2, 0.25) is 0 Å². The molecule has 2 nitrogen and oxygen atoms in total. The van der Waals surface area contributed by atoms with Crippen LogP contribution in [-0.2, 0) is 0 Å². The standard InChI is InChI=1S/C14H15ClN2/c1-9(2)11-4-6-12(7-5-11)13-10(3)14(15)17-8-16-13/h4-9H,1-3H3. The largest absolute Gasteiger partial charge is 0.236 e. The molecule has 3 heteroatoms. The van der Waals surface area contributed by atoms with Crippen LogP contribution in [0.3, 0.4) is 0 Å². The Balaban J connectivity index is 2.43. The first-order chi connectivity index (χ1) is 8.09. The molecule has 2 aromatic rings. The Kier molecular flexibility index (Phi) is 3.43. The molecular weight excluding hydrogens is 232 g/mol. The van der Waals surface area contributed by atoms with E-state index in [4.69, 9.17) is 11.6 Å². The average Bonchev–Trinajstić information content (AvgIpc) is 2.33. The van der Waals surface area contributed by atoms with Gasteiger partial charge < -0.3 is 0 Å². The molecule has 0 atom stereocenters. The van der Waals surface area contributed by atoms with Gasteiger partial charge in [0, 0.05) is 11.1 Å². The lowest BCUT2D eigenvalue weighted by Gasteiger charge is -2.08. The zero-order valence-corrected chi connectivity index (χ0v) is 11.0. The number of hydrogen-bond acceptors (Lipinski definition) is 2. The van der Waals surface area contributed by atoms with Gasteiger partial charge in [0.25, 0.3) is 0 Å². The van der Waals surface area contributed by atoms with E-state index in [1.807, 2.05) is 6.92 Å². The maximum absolute atomic E-state index is 5.99. The van der Waals surface area contributed by atoms with E-state index in [0.29, 0.717) is 11.1 Å². The van der Waals surface area contributed by atoms with Crippen LogP contribution < -0.4 is 0 Å². The third-order valence-electron chi connectivity index (χ3n) is 2.87. The third kappa shape index (κ3) is 2.47. The Hall–Kier alpha value is -1.41. The van der Waals surface area contributed by atoms with E-state index < -0.39 is 0 Å². The molecule has 0 saturated heterocycles. The first-order valence-corrected chi connectivity index (χ1v) is 6.05. The number of hydrogen-bond donors (Lipinski definition) is 0. The van der Waals surface area contributed by atoms with Gasteiger partial charge in [-0.1, -0.05) is 49.7 Å². The Bertz CT molecular complexity index is 518. The monoisotopic (exact) mass is 246 g/mol. The fourth-order valence-electron chi connectivity index (χ4n) is 1.75. The Morgan fingerprint density at radius 3 is 2.29 bits per heavy atom. The van der Waals surface area contributed by atoms with Gasteiger partial charge in [-0.15, -0.1) is 0 Å². The quantitative estimate of drug-likeness (QED) is 0.741. The van der Waals surface area contributed by atoms with Crippen molar-refractivity contribution in [2.24, 2.45) is 0 Å². The number of benzene rings is 1. The van der Waals surface area contributed by atoms with Gasteiger partial charge in [0.15, 0.2) is 0 Å². The highest BCUT2D eigenvalue weighted by molar-refractivity contribution is 6.30. The van der Waals surface area contributed by atoms with Gasteiger partial charge in [-0.3, -0.25) is 0 Å². The highest BCUT2D eigenvalue weighted by Gasteiger charge is 2.07. The summed E-state index contributed by atoms with van der Waals surface area (Å²) in [6.45, 7) is 6.30. The van der Waals surface area contributed by atoms with E-state index in [1.54, 1.807) is 0 Å². The molecule has 0 spiro atoms. The van der Waals surface area contributed by atoms with E-state index in [2.05, 4.69) is 48.1 Å². The van der Waals surface area contributed by atoms with Gasteiger partial charge in [0.1, 0.15) is 11.5 Å². The van der Waals surface area contributed by atoms with E-state index in [9.17, 15) is 0 Å². The van der Waals surface area contributed by atoms with Crippen molar-refractivity contribution in [3.8, 4) is 11.3 Å². The molecule has 0 fully saturated rings. The molecule has 0 aliphatic rings. The summed E-state index contributed by atoms with van der Waals surface area (Å²) in [5, 5.41) is 0.517. The summed E-state index contributed by atoms with van der Waals surface area (Å²) in [5.74, 6) is 0.541. The summed E-state index contributed by atoms with van der Waals surface area (Å²) in [6.07, 6.45) is 1.50.